The van der Waals surface area contributed by atoms with Gasteiger partial charge in [-0.05, 0) is 130 Å². The second-order valence-electron chi connectivity index (χ2n) is 16.3. The average Bonchev–Trinajstić information content (AvgIpc) is 3.38. The highest BCUT2D eigenvalue weighted by atomic mass is 15.0. The van der Waals surface area contributed by atoms with Gasteiger partial charge in [-0.1, -0.05) is 176 Å². The van der Waals surface area contributed by atoms with Gasteiger partial charge in [-0.2, -0.15) is 0 Å². The van der Waals surface area contributed by atoms with Gasteiger partial charge in [0.05, 0.1) is 0 Å². The molecule has 2 aromatic heterocycles. The lowest BCUT2D eigenvalue weighted by Gasteiger charge is -2.17. The Hall–Kier alpha value is -8.60. The topological polar surface area (TPSA) is 51.6 Å². The van der Waals surface area contributed by atoms with Gasteiger partial charge in [0.1, 0.15) is 0 Å². The van der Waals surface area contributed by atoms with Crippen LogP contribution < -0.4 is 0 Å². The van der Waals surface area contributed by atoms with Crippen molar-refractivity contribution in [3.05, 3.63) is 231 Å². The van der Waals surface area contributed by atoms with Crippen molar-refractivity contribution in [2.75, 3.05) is 0 Å². The van der Waals surface area contributed by atoms with Gasteiger partial charge in [0.2, 0.25) is 0 Å². The number of rotatable bonds is 7. The Labute approximate surface area is 370 Å². The zero-order chi connectivity index (χ0) is 42.4. The predicted octanol–water partition coefficient (Wildman–Crippen LogP) is 15.5. The molecule has 0 aliphatic carbocycles. The number of hydrogen-bond donors (Lipinski definition) is 0. The van der Waals surface area contributed by atoms with Crippen LogP contribution >= 0.6 is 0 Å². The summed E-state index contributed by atoms with van der Waals surface area (Å²) in [5.41, 5.74) is 11.5. The van der Waals surface area contributed by atoms with E-state index in [0.29, 0.717) is 17.5 Å². The van der Waals surface area contributed by atoms with E-state index in [0.717, 1.165) is 61.2 Å². The molecule has 0 amide bonds. The van der Waals surface area contributed by atoms with Gasteiger partial charge in [0.25, 0.3) is 0 Å². The van der Waals surface area contributed by atoms with Crippen molar-refractivity contribution in [2.24, 2.45) is 0 Å². The van der Waals surface area contributed by atoms with E-state index < -0.39 is 0 Å². The molecule has 64 heavy (non-hydrogen) atoms. The van der Waals surface area contributed by atoms with Crippen molar-refractivity contribution in [2.45, 2.75) is 0 Å². The normalized spacial score (nSPS) is 11.4. The van der Waals surface area contributed by atoms with Crippen LogP contribution in [-0.4, -0.2) is 19.9 Å². The maximum Gasteiger partial charge on any atom is 0.164 e. The van der Waals surface area contributed by atoms with Crippen LogP contribution in [-0.2, 0) is 0 Å². The molecule has 0 N–H and O–H groups in total. The Morgan fingerprint density at radius 1 is 0.234 bits per heavy atom. The standard InChI is InChI=1S/C60H38N4/c1-2-14-39(15-3-1)42-18-12-19-45(32-42)59-62-58(41-29-27-40(28-30-41)46-20-13-31-61-38-46)63-60(64-59)49-34-47(56-36-43-16-4-6-21-50(43)52-23-8-10-25-54(52)56)33-48(35-49)57-37-44-17-5-7-22-51(44)53-24-9-11-26-55(53)57/h1-38H. The molecule has 0 aliphatic rings. The minimum atomic E-state index is 0.597. The van der Waals surface area contributed by atoms with Crippen LogP contribution in [0.25, 0.3) is 122 Å². The molecule has 0 saturated heterocycles. The van der Waals surface area contributed by atoms with Gasteiger partial charge in [-0.3, -0.25) is 4.98 Å². The van der Waals surface area contributed by atoms with Gasteiger partial charge in [0.15, 0.2) is 17.5 Å². The van der Waals surface area contributed by atoms with E-state index in [2.05, 4.69) is 211 Å². The number of pyridine rings is 1. The summed E-state index contributed by atoms with van der Waals surface area (Å²) in [4.78, 5) is 20.3. The molecule has 12 rings (SSSR count). The Morgan fingerprint density at radius 2 is 0.656 bits per heavy atom. The first-order valence-electron chi connectivity index (χ1n) is 21.6. The molecule has 2 heterocycles. The first kappa shape index (κ1) is 37.2. The van der Waals surface area contributed by atoms with E-state index in [1.807, 2.05) is 18.3 Å². The monoisotopic (exact) mass is 814 g/mol. The van der Waals surface area contributed by atoms with E-state index in [4.69, 9.17) is 15.0 Å². The molecular formula is C60H38N4. The third-order valence-corrected chi connectivity index (χ3v) is 12.4. The summed E-state index contributed by atoms with van der Waals surface area (Å²) >= 11 is 0. The van der Waals surface area contributed by atoms with E-state index in [9.17, 15) is 0 Å². The lowest BCUT2D eigenvalue weighted by atomic mass is 9.88. The van der Waals surface area contributed by atoms with Crippen LogP contribution in [0.15, 0.2) is 231 Å². The number of benzene rings is 10. The molecule has 0 saturated carbocycles. The fourth-order valence-electron chi connectivity index (χ4n) is 9.23. The van der Waals surface area contributed by atoms with Crippen LogP contribution in [0.5, 0.6) is 0 Å². The zero-order valence-electron chi connectivity index (χ0n) is 34.7. The molecular weight excluding hydrogens is 777 g/mol. The minimum Gasteiger partial charge on any atom is -0.264 e. The van der Waals surface area contributed by atoms with Gasteiger partial charge < -0.3 is 0 Å². The molecule has 0 bridgehead atoms. The quantitative estimate of drug-likeness (QED) is 0.150. The molecule has 0 atom stereocenters. The summed E-state index contributed by atoms with van der Waals surface area (Å²) < 4.78 is 0. The largest absolute Gasteiger partial charge is 0.264 e. The Bertz CT molecular complexity index is 3580. The van der Waals surface area contributed by atoms with Gasteiger partial charge >= 0.3 is 0 Å². The van der Waals surface area contributed by atoms with Crippen LogP contribution in [0.3, 0.4) is 0 Å². The van der Waals surface area contributed by atoms with E-state index in [1.54, 1.807) is 6.20 Å². The average molecular weight is 815 g/mol. The summed E-state index contributed by atoms with van der Waals surface area (Å²) in [5.74, 6) is 1.80. The number of aromatic nitrogens is 4. The molecule has 0 spiro atoms. The van der Waals surface area contributed by atoms with Crippen LogP contribution in [0, 0.1) is 0 Å². The molecule has 0 unspecified atom stereocenters. The Balaban J connectivity index is 1.12. The molecule has 10 aromatic carbocycles. The van der Waals surface area contributed by atoms with Crippen molar-refractivity contribution >= 4 is 43.1 Å². The van der Waals surface area contributed by atoms with Crippen molar-refractivity contribution in [1.82, 2.24) is 19.9 Å². The number of nitrogens with zero attached hydrogens (tertiary/aromatic N) is 4. The van der Waals surface area contributed by atoms with Crippen LogP contribution in [0.4, 0.5) is 0 Å². The molecule has 298 valence electrons. The second-order valence-corrected chi connectivity index (χ2v) is 16.3. The summed E-state index contributed by atoms with van der Waals surface area (Å²) in [6.45, 7) is 0. The van der Waals surface area contributed by atoms with Gasteiger partial charge in [-0.25, -0.2) is 15.0 Å². The van der Waals surface area contributed by atoms with E-state index >= 15 is 0 Å². The SMILES string of the molecule is c1ccc(-c2cccc(-c3nc(-c4ccc(-c5cccnc5)cc4)nc(-c4cc(-c5cc6ccccc6c6ccccc56)cc(-c5cc6ccccc6c6ccccc56)c4)n3)c2)cc1. The van der Waals surface area contributed by atoms with Crippen LogP contribution in [0.2, 0.25) is 0 Å². The predicted molar refractivity (Wildman–Crippen MR) is 266 cm³/mol. The Morgan fingerprint density at radius 3 is 1.25 bits per heavy atom. The molecule has 4 heteroatoms. The smallest absolute Gasteiger partial charge is 0.164 e. The first-order valence-corrected chi connectivity index (χ1v) is 21.6. The second kappa shape index (κ2) is 15.7. The highest BCUT2D eigenvalue weighted by molar-refractivity contribution is 6.16. The summed E-state index contributed by atoms with van der Waals surface area (Å²) in [6, 6.07) is 77.7. The first-order chi connectivity index (χ1) is 31.7. The number of hydrogen-bond acceptors (Lipinski definition) is 4. The molecule has 0 aliphatic heterocycles. The van der Waals surface area contributed by atoms with Crippen molar-refractivity contribution in [3.63, 3.8) is 0 Å². The highest BCUT2D eigenvalue weighted by Crippen LogP contribution is 2.42. The molecule has 0 radical (unpaired) electrons. The fraction of sp³-hybridized carbons (Fsp3) is 0. The summed E-state index contributed by atoms with van der Waals surface area (Å²) in [6.07, 6.45) is 3.68. The molecule has 4 nitrogen and oxygen atoms in total. The maximum absolute atomic E-state index is 5.36. The van der Waals surface area contributed by atoms with E-state index in [1.165, 1.54) is 43.1 Å². The third-order valence-electron chi connectivity index (χ3n) is 12.4. The summed E-state index contributed by atoms with van der Waals surface area (Å²) in [5, 5.41) is 9.67. The highest BCUT2D eigenvalue weighted by Gasteiger charge is 2.19. The van der Waals surface area contributed by atoms with Crippen molar-refractivity contribution < 1.29 is 0 Å². The van der Waals surface area contributed by atoms with Crippen LogP contribution in [0.1, 0.15) is 0 Å². The third kappa shape index (κ3) is 6.75. The van der Waals surface area contributed by atoms with Crippen molar-refractivity contribution in [3.8, 4) is 78.7 Å². The fourth-order valence-corrected chi connectivity index (χ4v) is 9.23. The minimum absolute atomic E-state index is 0.597. The number of fused-ring (bicyclic) bond motifs is 6. The lowest BCUT2D eigenvalue weighted by Crippen LogP contribution is -2.01. The summed E-state index contributed by atoms with van der Waals surface area (Å²) in [7, 11) is 0. The van der Waals surface area contributed by atoms with E-state index in [-0.39, 0.29) is 0 Å². The lowest BCUT2D eigenvalue weighted by molar-refractivity contribution is 1.07. The van der Waals surface area contributed by atoms with Gasteiger partial charge in [-0.15, -0.1) is 0 Å². The Kier molecular flexibility index (Phi) is 9.12. The molecule has 0 fully saturated rings. The van der Waals surface area contributed by atoms with Gasteiger partial charge in [0, 0.05) is 29.1 Å². The molecule has 12 aromatic rings. The van der Waals surface area contributed by atoms with Crippen molar-refractivity contribution in [1.29, 1.82) is 0 Å². The zero-order valence-corrected chi connectivity index (χ0v) is 34.7. The maximum atomic E-state index is 5.36.